The Balaban J connectivity index is 1.66. The predicted octanol–water partition coefficient (Wildman–Crippen LogP) is 5.57. The van der Waals surface area contributed by atoms with E-state index in [1.165, 1.54) is 16.7 Å². The molecule has 0 spiro atoms. The fraction of sp³-hybridized carbons (Fsp3) is 0.250. The van der Waals surface area contributed by atoms with Crippen molar-refractivity contribution in [1.82, 2.24) is 5.32 Å². The number of ether oxygens (including phenoxy) is 1. The SMILES string of the molecule is COc1cccc(C(C)NCCC(c2ccccc2)c2ccccc2)c1. The summed E-state index contributed by atoms with van der Waals surface area (Å²) in [6.07, 6.45) is 1.06. The molecular weight excluding hydrogens is 318 g/mol. The lowest BCUT2D eigenvalue weighted by Gasteiger charge is -2.21. The highest BCUT2D eigenvalue weighted by Gasteiger charge is 2.14. The fourth-order valence-electron chi connectivity index (χ4n) is 3.37. The molecule has 3 aromatic carbocycles. The van der Waals surface area contributed by atoms with E-state index in [4.69, 9.17) is 4.74 Å². The van der Waals surface area contributed by atoms with E-state index in [0.717, 1.165) is 18.7 Å². The van der Waals surface area contributed by atoms with Gasteiger partial charge in [0.1, 0.15) is 5.75 Å². The average Bonchev–Trinajstić information content (AvgIpc) is 2.72. The van der Waals surface area contributed by atoms with Gasteiger partial charge < -0.3 is 10.1 Å². The van der Waals surface area contributed by atoms with E-state index >= 15 is 0 Å². The lowest BCUT2D eigenvalue weighted by Crippen LogP contribution is -2.22. The summed E-state index contributed by atoms with van der Waals surface area (Å²) in [6.45, 7) is 3.15. The topological polar surface area (TPSA) is 21.3 Å². The van der Waals surface area contributed by atoms with Crippen LogP contribution in [-0.4, -0.2) is 13.7 Å². The second kappa shape index (κ2) is 9.21. The third-order valence-electron chi connectivity index (χ3n) is 4.88. The third kappa shape index (κ3) is 4.74. The monoisotopic (exact) mass is 345 g/mol. The number of nitrogens with one attached hydrogen (secondary N) is 1. The molecular formula is C24H27NO. The van der Waals surface area contributed by atoms with E-state index in [1.807, 2.05) is 12.1 Å². The van der Waals surface area contributed by atoms with Crippen molar-refractivity contribution in [2.24, 2.45) is 0 Å². The lowest BCUT2D eigenvalue weighted by molar-refractivity contribution is 0.413. The summed E-state index contributed by atoms with van der Waals surface area (Å²) < 4.78 is 5.34. The smallest absolute Gasteiger partial charge is 0.119 e. The molecule has 0 bridgehead atoms. The van der Waals surface area contributed by atoms with E-state index in [0.29, 0.717) is 5.92 Å². The van der Waals surface area contributed by atoms with E-state index < -0.39 is 0 Å². The number of rotatable bonds is 8. The minimum absolute atomic E-state index is 0.289. The Morgan fingerprint density at radius 3 is 1.92 bits per heavy atom. The Kier molecular flexibility index (Phi) is 6.45. The highest BCUT2D eigenvalue weighted by molar-refractivity contribution is 5.33. The molecule has 0 radical (unpaired) electrons. The third-order valence-corrected chi connectivity index (χ3v) is 4.88. The van der Waals surface area contributed by atoms with E-state index in [2.05, 4.69) is 85.0 Å². The van der Waals surface area contributed by atoms with Gasteiger partial charge in [-0.05, 0) is 48.7 Å². The van der Waals surface area contributed by atoms with E-state index in [-0.39, 0.29) is 6.04 Å². The minimum atomic E-state index is 0.289. The first kappa shape index (κ1) is 18.2. The van der Waals surface area contributed by atoms with Crippen LogP contribution in [0.1, 0.15) is 42.0 Å². The molecule has 1 atom stereocenters. The minimum Gasteiger partial charge on any atom is -0.497 e. The van der Waals surface area contributed by atoms with E-state index in [1.54, 1.807) is 7.11 Å². The van der Waals surface area contributed by atoms with Gasteiger partial charge in [-0.25, -0.2) is 0 Å². The number of hydrogen-bond acceptors (Lipinski definition) is 2. The zero-order valence-electron chi connectivity index (χ0n) is 15.6. The second-order valence-electron chi connectivity index (χ2n) is 6.62. The summed E-state index contributed by atoms with van der Waals surface area (Å²) in [6, 6.07) is 30.1. The van der Waals surface area contributed by atoms with Gasteiger partial charge in [-0.15, -0.1) is 0 Å². The van der Waals surface area contributed by atoms with Crippen molar-refractivity contribution >= 4 is 0 Å². The summed E-state index contributed by atoms with van der Waals surface area (Å²) in [5.74, 6) is 1.31. The Morgan fingerprint density at radius 2 is 1.35 bits per heavy atom. The van der Waals surface area contributed by atoms with Crippen LogP contribution in [0.3, 0.4) is 0 Å². The molecule has 0 fully saturated rings. The van der Waals surface area contributed by atoms with Crippen LogP contribution in [0.4, 0.5) is 0 Å². The zero-order chi connectivity index (χ0) is 18.2. The second-order valence-corrected chi connectivity index (χ2v) is 6.62. The maximum absolute atomic E-state index is 5.34. The number of methoxy groups -OCH3 is 1. The van der Waals surface area contributed by atoms with Gasteiger partial charge in [-0.2, -0.15) is 0 Å². The maximum Gasteiger partial charge on any atom is 0.119 e. The molecule has 3 aromatic rings. The molecule has 134 valence electrons. The Bertz CT molecular complexity index is 746. The summed E-state index contributed by atoms with van der Waals surface area (Å²) in [4.78, 5) is 0. The van der Waals surface area contributed by atoms with Crippen molar-refractivity contribution in [2.75, 3.05) is 13.7 Å². The highest BCUT2D eigenvalue weighted by Crippen LogP contribution is 2.28. The first-order valence-electron chi connectivity index (χ1n) is 9.25. The van der Waals surface area contributed by atoms with Crippen LogP contribution in [0, 0.1) is 0 Å². The Morgan fingerprint density at radius 1 is 0.769 bits per heavy atom. The van der Waals surface area contributed by atoms with Gasteiger partial charge in [-0.1, -0.05) is 72.8 Å². The fourth-order valence-corrected chi connectivity index (χ4v) is 3.37. The van der Waals surface area contributed by atoms with Gasteiger partial charge in [-0.3, -0.25) is 0 Å². The predicted molar refractivity (Wildman–Crippen MR) is 109 cm³/mol. The summed E-state index contributed by atoms with van der Waals surface area (Å²) in [5.41, 5.74) is 3.99. The van der Waals surface area contributed by atoms with Crippen LogP contribution in [0.25, 0.3) is 0 Å². The van der Waals surface area contributed by atoms with Crippen molar-refractivity contribution in [3.8, 4) is 5.75 Å². The molecule has 0 saturated carbocycles. The highest BCUT2D eigenvalue weighted by atomic mass is 16.5. The van der Waals surface area contributed by atoms with Crippen molar-refractivity contribution < 1.29 is 4.74 Å². The molecule has 0 aromatic heterocycles. The standard InChI is InChI=1S/C24H27NO/c1-19(22-14-9-15-23(18-22)26-2)25-17-16-24(20-10-5-3-6-11-20)21-12-7-4-8-13-21/h3-15,18-19,24-25H,16-17H2,1-2H3. The van der Waals surface area contributed by atoms with Crippen molar-refractivity contribution in [3.63, 3.8) is 0 Å². The largest absolute Gasteiger partial charge is 0.497 e. The molecule has 0 amide bonds. The summed E-state index contributed by atoms with van der Waals surface area (Å²) in [7, 11) is 1.71. The van der Waals surface area contributed by atoms with Crippen LogP contribution in [0.15, 0.2) is 84.9 Å². The summed E-state index contributed by atoms with van der Waals surface area (Å²) in [5, 5.41) is 3.66. The van der Waals surface area contributed by atoms with Crippen LogP contribution in [0.5, 0.6) is 5.75 Å². The average molecular weight is 345 g/mol. The Labute approximate surface area is 156 Å². The van der Waals surface area contributed by atoms with Crippen molar-refractivity contribution in [3.05, 3.63) is 102 Å². The molecule has 0 aliphatic rings. The number of hydrogen-bond donors (Lipinski definition) is 1. The quantitative estimate of drug-likeness (QED) is 0.576. The van der Waals surface area contributed by atoms with Gasteiger partial charge in [0.05, 0.1) is 7.11 Å². The Hall–Kier alpha value is -2.58. The van der Waals surface area contributed by atoms with Crippen LogP contribution < -0.4 is 10.1 Å². The van der Waals surface area contributed by atoms with E-state index in [9.17, 15) is 0 Å². The molecule has 0 saturated heterocycles. The molecule has 2 heteroatoms. The molecule has 0 aliphatic carbocycles. The van der Waals surface area contributed by atoms with Crippen LogP contribution in [0.2, 0.25) is 0 Å². The van der Waals surface area contributed by atoms with Gasteiger partial charge in [0.2, 0.25) is 0 Å². The van der Waals surface area contributed by atoms with Crippen molar-refractivity contribution in [2.45, 2.75) is 25.3 Å². The molecule has 1 N–H and O–H groups in total. The number of benzene rings is 3. The van der Waals surface area contributed by atoms with Gasteiger partial charge in [0.25, 0.3) is 0 Å². The zero-order valence-corrected chi connectivity index (χ0v) is 15.6. The molecule has 1 unspecified atom stereocenters. The first-order valence-corrected chi connectivity index (χ1v) is 9.25. The molecule has 2 nitrogen and oxygen atoms in total. The molecule has 0 aliphatic heterocycles. The lowest BCUT2D eigenvalue weighted by atomic mass is 9.88. The van der Waals surface area contributed by atoms with Gasteiger partial charge in [0, 0.05) is 12.0 Å². The molecule has 3 rings (SSSR count). The van der Waals surface area contributed by atoms with Crippen molar-refractivity contribution in [1.29, 1.82) is 0 Å². The van der Waals surface area contributed by atoms with Gasteiger partial charge in [0.15, 0.2) is 0 Å². The normalized spacial score (nSPS) is 12.1. The summed E-state index contributed by atoms with van der Waals surface area (Å²) >= 11 is 0. The van der Waals surface area contributed by atoms with Crippen LogP contribution in [-0.2, 0) is 0 Å². The molecule has 0 heterocycles. The maximum atomic E-state index is 5.34. The van der Waals surface area contributed by atoms with Gasteiger partial charge >= 0.3 is 0 Å². The first-order chi connectivity index (χ1) is 12.8. The van der Waals surface area contributed by atoms with Crippen LogP contribution >= 0.6 is 0 Å². The molecule has 26 heavy (non-hydrogen) atoms.